The van der Waals surface area contributed by atoms with Gasteiger partial charge in [0.1, 0.15) is 5.82 Å². The molecule has 0 spiro atoms. The van der Waals surface area contributed by atoms with E-state index in [1.165, 1.54) is 22.8 Å². The van der Waals surface area contributed by atoms with Crippen LogP contribution in [-0.4, -0.2) is 40.4 Å². The third-order valence-electron chi connectivity index (χ3n) is 6.93. The fraction of sp³-hybridized carbons (Fsp3) is 0.286. The smallest absolute Gasteiger partial charge is 0.257 e. The Kier molecular flexibility index (Phi) is 6.41. The van der Waals surface area contributed by atoms with Crippen molar-refractivity contribution in [2.45, 2.75) is 32.1 Å². The van der Waals surface area contributed by atoms with E-state index in [4.69, 9.17) is 0 Å². The Hall–Kier alpha value is -3.51. The number of aryl methyl sites for hydroxylation is 1. The van der Waals surface area contributed by atoms with Crippen LogP contribution in [0.2, 0.25) is 0 Å². The van der Waals surface area contributed by atoms with Crippen molar-refractivity contribution in [3.05, 3.63) is 95.2 Å². The molecule has 174 valence electrons. The third-order valence-corrected chi connectivity index (χ3v) is 6.93. The largest absolute Gasteiger partial charge is 0.361 e. The van der Waals surface area contributed by atoms with Crippen molar-refractivity contribution in [1.29, 1.82) is 0 Å². The molecule has 4 aromatic rings. The Labute approximate surface area is 199 Å². The van der Waals surface area contributed by atoms with Gasteiger partial charge >= 0.3 is 0 Å². The van der Waals surface area contributed by atoms with Crippen LogP contribution in [0.4, 0.5) is 10.1 Å². The van der Waals surface area contributed by atoms with Gasteiger partial charge in [-0.1, -0.05) is 6.07 Å². The lowest BCUT2D eigenvalue weighted by atomic mass is 9.89. The summed E-state index contributed by atoms with van der Waals surface area (Å²) in [4.78, 5) is 22.3. The van der Waals surface area contributed by atoms with E-state index >= 15 is 0 Å². The van der Waals surface area contributed by atoms with Crippen LogP contribution in [0, 0.1) is 12.7 Å². The van der Waals surface area contributed by atoms with Gasteiger partial charge in [0, 0.05) is 41.7 Å². The Morgan fingerprint density at radius 1 is 1.18 bits per heavy atom. The summed E-state index contributed by atoms with van der Waals surface area (Å²) in [6.07, 6.45) is 8.36. The van der Waals surface area contributed by atoms with Crippen molar-refractivity contribution in [3.8, 4) is 0 Å². The number of benzene rings is 2. The molecule has 1 saturated heterocycles. The molecule has 0 atom stereocenters. The van der Waals surface area contributed by atoms with Gasteiger partial charge in [-0.15, -0.1) is 0 Å². The topological polar surface area (TPSA) is 61.0 Å². The van der Waals surface area contributed by atoms with E-state index in [1.807, 2.05) is 12.1 Å². The Bertz CT molecular complexity index is 1290. The number of anilines is 1. The second kappa shape index (κ2) is 9.77. The predicted molar refractivity (Wildman–Crippen MR) is 134 cm³/mol. The maximum atomic E-state index is 13.8. The molecular formula is C28H29FN4O. The molecule has 1 amide bonds. The zero-order chi connectivity index (χ0) is 23.5. The van der Waals surface area contributed by atoms with Crippen LogP contribution in [0.25, 0.3) is 10.9 Å². The predicted octanol–water partition coefficient (Wildman–Crippen LogP) is 5.68. The normalized spacial score (nSPS) is 15.0. The van der Waals surface area contributed by atoms with E-state index in [1.54, 1.807) is 30.6 Å². The number of aromatic amines is 1. The van der Waals surface area contributed by atoms with Gasteiger partial charge in [0.05, 0.1) is 5.56 Å². The lowest BCUT2D eigenvalue weighted by molar-refractivity contribution is 0.102. The van der Waals surface area contributed by atoms with E-state index < -0.39 is 0 Å². The average Bonchev–Trinajstić information content (AvgIpc) is 3.28. The number of fused-ring (bicyclic) bond motifs is 1. The lowest BCUT2D eigenvalue weighted by Gasteiger charge is -2.32. The molecule has 34 heavy (non-hydrogen) atoms. The number of amides is 1. The van der Waals surface area contributed by atoms with Gasteiger partial charge in [-0.3, -0.25) is 9.78 Å². The zero-order valence-electron chi connectivity index (χ0n) is 19.4. The number of carbonyl (C=O) groups excluding carboxylic acids is 1. The van der Waals surface area contributed by atoms with Crippen molar-refractivity contribution in [2.75, 3.05) is 25.0 Å². The highest BCUT2D eigenvalue weighted by atomic mass is 19.1. The average molecular weight is 457 g/mol. The minimum absolute atomic E-state index is 0.151. The summed E-state index contributed by atoms with van der Waals surface area (Å²) in [6.45, 7) is 5.16. The van der Waals surface area contributed by atoms with Crippen molar-refractivity contribution < 1.29 is 9.18 Å². The van der Waals surface area contributed by atoms with Gasteiger partial charge in [-0.05, 0) is 104 Å². The van der Waals surface area contributed by atoms with Crippen molar-refractivity contribution >= 4 is 22.5 Å². The first-order valence-corrected chi connectivity index (χ1v) is 11.9. The first kappa shape index (κ1) is 22.3. The van der Waals surface area contributed by atoms with Gasteiger partial charge in [0.2, 0.25) is 0 Å². The third kappa shape index (κ3) is 4.87. The number of nitrogens with zero attached hydrogens (tertiary/aromatic N) is 2. The molecule has 0 unspecified atom stereocenters. The molecule has 2 aromatic heterocycles. The van der Waals surface area contributed by atoms with E-state index in [-0.39, 0.29) is 11.7 Å². The molecule has 1 aliphatic heterocycles. The maximum Gasteiger partial charge on any atom is 0.257 e. The van der Waals surface area contributed by atoms with Gasteiger partial charge < -0.3 is 15.2 Å². The number of rotatable bonds is 6. The van der Waals surface area contributed by atoms with Crippen LogP contribution >= 0.6 is 0 Å². The number of carbonyl (C=O) groups is 1. The van der Waals surface area contributed by atoms with Gasteiger partial charge in [0.15, 0.2) is 0 Å². The number of nitrogens with one attached hydrogen (secondary N) is 2. The highest BCUT2D eigenvalue weighted by molar-refractivity contribution is 6.04. The molecule has 0 bridgehead atoms. The molecule has 3 heterocycles. The molecule has 5 nitrogen and oxygen atoms in total. The SMILES string of the molecule is Cc1ccc(NC(=O)c2cccnc2)cc1CCN1CCC(c2c[nH]c3ccc(F)cc23)CC1. The number of aromatic nitrogens is 2. The van der Waals surface area contributed by atoms with Crippen LogP contribution in [0.1, 0.15) is 45.8 Å². The summed E-state index contributed by atoms with van der Waals surface area (Å²) in [5.41, 5.74) is 6.07. The van der Waals surface area contributed by atoms with Gasteiger partial charge in [-0.25, -0.2) is 4.39 Å². The second-order valence-corrected chi connectivity index (χ2v) is 9.14. The molecule has 0 aliphatic carbocycles. The molecule has 0 radical (unpaired) electrons. The standard InChI is InChI=1S/C28H29FN4O/c1-19-4-6-24(32-28(34)22-3-2-11-30-17-22)15-21(19)10-14-33-12-8-20(9-13-33)26-18-31-27-7-5-23(29)16-25(26)27/h2-7,11,15-18,20,31H,8-10,12-14H2,1H3,(H,32,34). The van der Waals surface area contributed by atoms with Crippen LogP contribution in [0.15, 0.2) is 67.1 Å². The number of hydrogen-bond acceptors (Lipinski definition) is 3. The van der Waals surface area contributed by atoms with Gasteiger partial charge in [0.25, 0.3) is 5.91 Å². The molecule has 2 N–H and O–H groups in total. The van der Waals surface area contributed by atoms with Crippen molar-refractivity contribution in [1.82, 2.24) is 14.9 Å². The van der Waals surface area contributed by atoms with E-state index in [0.717, 1.165) is 55.5 Å². The van der Waals surface area contributed by atoms with Crippen molar-refractivity contribution in [2.24, 2.45) is 0 Å². The number of likely N-dealkylation sites (tertiary alicyclic amines) is 1. The first-order valence-electron chi connectivity index (χ1n) is 11.9. The fourth-order valence-electron chi connectivity index (χ4n) is 4.92. The summed E-state index contributed by atoms with van der Waals surface area (Å²) in [7, 11) is 0. The minimum Gasteiger partial charge on any atom is -0.361 e. The highest BCUT2D eigenvalue weighted by Crippen LogP contribution is 2.33. The minimum atomic E-state index is -0.181. The Morgan fingerprint density at radius 3 is 2.82 bits per heavy atom. The maximum absolute atomic E-state index is 13.8. The van der Waals surface area contributed by atoms with E-state index in [9.17, 15) is 9.18 Å². The molecule has 2 aromatic carbocycles. The summed E-state index contributed by atoms with van der Waals surface area (Å²) < 4.78 is 13.8. The molecule has 0 saturated carbocycles. The van der Waals surface area contributed by atoms with Crippen LogP contribution in [0.5, 0.6) is 0 Å². The second-order valence-electron chi connectivity index (χ2n) is 9.14. The summed E-state index contributed by atoms with van der Waals surface area (Å²) >= 11 is 0. The monoisotopic (exact) mass is 456 g/mol. The molecule has 1 aliphatic rings. The molecule has 6 heteroatoms. The van der Waals surface area contributed by atoms with Crippen LogP contribution in [0.3, 0.4) is 0 Å². The fourth-order valence-corrected chi connectivity index (χ4v) is 4.92. The van der Waals surface area contributed by atoms with Crippen LogP contribution < -0.4 is 5.32 Å². The van der Waals surface area contributed by atoms with Crippen molar-refractivity contribution in [3.63, 3.8) is 0 Å². The van der Waals surface area contributed by atoms with Gasteiger partial charge in [-0.2, -0.15) is 0 Å². The Balaban J connectivity index is 1.18. The number of halogens is 1. The number of pyridine rings is 1. The summed E-state index contributed by atoms with van der Waals surface area (Å²) in [5.74, 6) is 0.127. The number of H-pyrrole nitrogens is 1. The zero-order valence-corrected chi connectivity index (χ0v) is 19.4. The summed E-state index contributed by atoms with van der Waals surface area (Å²) in [6, 6.07) is 14.6. The van der Waals surface area contributed by atoms with E-state index in [2.05, 4.69) is 45.4 Å². The molecule has 5 rings (SSSR count). The lowest BCUT2D eigenvalue weighted by Crippen LogP contribution is -2.34. The number of piperidine rings is 1. The quantitative estimate of drug-likeness (QED) is 0.392. The molecule has 1 fully saturated rings. The Morgan fingerprint density at radius 2 is 2.03 bits per heavy atom. The van der Waals surface area contributed by atoms with Crippen LogP contribution in [-0.2, 0) is 6.42 Å². The summed E-state index contributed by atoms with van der Waals surface area (Å²) in [5, 5.41) is 3.99. The molecular weight excluding hydrogens is 427 g/mol. The number of hydrogen-bond donors (Lipinski definition) is 2. The van der Waals surface area contributed by atoms with E-state index in [0.29, 0.717) is 11.5 Å². The highest BCUT2D eigenvalue weighted by Gasteiger charge is 2.23. The first-order chi connectivity index (χ1) is 16.6.